The Bertz CT molecular complexity index is 883. The average molecular weight is 420 g/mol. The molecule has 9 nitrogen and oxygen atoms in total. The number of methoxy groups -OCH3 is 3. The first-order valence-corrected chi connectivity index (χ1v) is 9.75. The Morgan fingerprint density at radius 2 is 1.86 bits per heavy atom. The molecule has 29 heavy (non-hydrogen) atoms. The van der Waals surface area contributed by atoms with Gasteiger partial charge in [0, 0.05) is 5.56 Å². The number of ether oxygens (including phenoxy) is 3. The Kier molecular flexibility index (Phi) is 7.34. The van der Waals surface area contributed by atoms with E-state index in [1.165, 1.54) is 21.3 Å². The number of thioether (sulfide) groups is 1. The maximum atomic E-state index is 12.2. The third kappa shape index (κ3) is 5.12. The molecular weight excluding hydrogens is 396 g/mol. The van der Waals surface area contributed by atoms with Crippen LogP contribution in [-0.4, -0.2) is 48.7 Å². The summed E-state index contributed by atoms with van der Waals surface area (Å²) in [5, 5.41) is 20.2. The fraction of sp³-hybridized carbons (Fsp3) is 0.474. The Hall–Kier alpha value is -2.93. The summed E-state index contributed by atoms with van der Waals surface area (Å²) in [7, 11) is 4.55. The van der Waals surface area contributed by atoms with Crippen LogP contribution in [0, 0.1) is 17.2 Å². The van der Waals surface area contributed by atoms with Gasteiger partial charge < -0.3 is 23.9 Å². The second-order valence-corrected chi connectivity index (χ2v) is 7.52. The highest BCUT2D eigenvalue weighted by molar-refractivity contribution is 7.99. The van der Waals surface area contributed by atoms with Crippen LogP contribution in [0.5, 0.6) is 17.2 Å². The predicted octanol–water partition coefficient (Wildman–Crippen LogP) is 2.91. The number of amides is 1. The molecule has 0 aliphatic heterocycles. The topological polar surface area (TPSA) is 120 Å². The van der Waals surface area contributed by atoms with Gasteiger partial charge in [-0.2, -0.15) is 5.26 Å². The van der Waals surface area contributed by atoms with Gasteiger partial charge in [0.1, 0.15) is 5.54 Å². The lowest BCUT2D eigenvalue weighted by molar-refractivity contribution is -0.120. The molecule has 0 spiro atoms. The molecule has 1 atom stereocenters. The van der Waals surface area contributed by atoms with Crippen LogP contribution >= 0.6 is 11.8 Å². The van der Waals surface area contributed by atoms with Crippen molar-refractivity contribution in [2.75, 3.05) is 27.1 Å². The summed E-state index contributed by atoms with van der Waals surface area (Å²) in [5.41, 5.74) is -0.353. The van der Waals surface area contributed by atoms with Crippen LogP contribution in [0.15, 0.2) is 21.8 Å². The van der Waals surface area contributed by atoms with E-state index in [4.69, 9.17) is 18.6 Å². The van der Waals surface area contributed by atoms with E-state index in [0.717, 1.165) is 11.8 Å². The zero-order valence-electron chi connectivity index (χ0n) is 17.2. The zero-order chi connectivity index (χ0) is 21.6. The molecule has 1 heterocycles. The molecule has 1 aromatic carbocycles. The lowest BCUT2D eigenvalue weighted by Crippen LogP contribution is -2.49. The summed E-state index contributed by atoms with van der Waals surface area (Å²) in [6.07, 6.45) is 0. The van der Waals surface area contributed by atoms with Crippen molar-refractivity contribution in [3.63, 3.8) is 0 Å². The van der Waals surface area contributed by atoms with Gasteiger partial charge in [-0.3, -0.25) is 4.79 Å². The van der Waals surface area contributed by atoms with Crippen LogP contribution in [-0.2, 0) is 4.79 Å². The molecule has 0 saturated carbocycles. The molecule has 0 aliphatic carbocycles. The lowest BCUT2D eigenvalue weighted by Gasteiger charge is -2.27. The number of nitriles is 1. The number of carbonyl (C=O) groups is 1. The first-order valence-electron chi connectivity index (χ1n) is 8.76. The van der Waals surface area contributed by atoms with Crippen LogP contribution < -0.4 is 19.5 Å². The third-order valence-corrected chi connectivity index (χ3v) is 5.25. The van der Waals surface area contributed by atoms with Crippen molar-refractivity contribution >= 4 is 17.7 Å². The zero-order valence-corrected chi connectivity index (χ0v) is 18.0. The van der Waals surface area contributed by atoms with Crippen molar-refractivity contribution < 1.29 is 23.4 Å². The van der Waals surface area contributed by atoms with Crippen LogP contribution in [0.4, 0.5) is 0 Å². The van der Waals surface area contributed by atoms with E-state index in [0.29, 0.717) is 22.8 Å². The average Bonchev–Trinajstić information content (AvgIpc) is 3.19. The first kappa shape index (κ1) is 22.4. The lowest BCUT2D eigenvalue weighted by atomic mass is 9.90. The maximum Gasteiger partial charge on any atom is 0.277 e. The number of carbonyl (C=O) groups excluding carboxylic acids is 1. The van der Waals surface area contributed by atoms with Crippen molar-refractivity contribution in [3.8, 4) is 34.8 Å². The number of nitrogens with one attached hydrogen (secondary N) is 1. The van der Waals surface area contributed by atoms with E-state index in [-0.39, 0.29) is 28.7 Å². The SMILES string of the molecule is COc1cc(-c2nnc(SCC(=O)N[C@](C)(C#N)C(C)C)o2)cc(OC)c1OC. The molecule has 1 amide bonds. The molecule has 0 radical (unpaired) electrons. The Morgan fingerprint density at radius 3 is 2.34 bits per heavy atom. The van der Waals surface area contributed by atoms with Gasteiger partial charge in [-0.15, -0.1) is 10.2 Å². The van der Waals surface area contributed by atoms with Gasteiger partial charge in [0.2, 0.25) is 17.5 Å². The Balaban J connectivity index is 2.12. The quantitative estimate of drug-likeness (QED) is 0.610. The summed E-state index contributed by atoms with van der Waals surface area (Å²) in [6.45, 7) is 5.44. The van der Waals surface area contributed by atoms with Gasteiger partial charge in [0.15, 0.2) is 11.5 Å². The van der Waals surface area contributed by atoms with E-state index in [1.807, 2.05) is 13.8 Å². The molecule has 0 unspecified atom stereocenters. The van der Waals surface area contributed by atoms with Gasteiger partial charge >= 0.3 is 0 Å². The molecule has 2 aromatic rings. The fourth-order valence-electron chi connectivity index (χ4n) is 2.34. The smallest absolute Gasteiger partial charge is 0.277 e. The van der Waals surface area contributed by atoms with Crippen molar-refractivity contribution in [1.82, 2.24) is 15.5 Å². The number of aromatic nitrogens is 2. The van der Waals surface area contributed by atoms with Gasteiger partial charge in [0.05, 0.1) is 33.2 Å². The number of benzene rings is 1. The standard InChI is InChI=1S/C19H24N4O5S/c1-11(2)19(3,10-20)21-15(24)9-29-18-23-22-17(28-18)12-7-13(25-4)16(27-6)14(8-12)26-5/h7-8,11H,9H2,1-6H3,(H,21,24)/t19-/m1/s1. The Labute approximate surface area is 173 Å². The highest BCUT2D eigenvalue weighted by Gasteiger charge is 2.30. The van der Waals surface area contributed by atoms with Crippen molar-refractivity contribution in [2.24, 2.45) is 5.92 Å². The highest BCUT2D eigenvalue weighted by Crippen LogP contribution is 2.41. The molecule has 2 rings (SSSR count). The van der Waals surface area contributed by atoms with Crippen molar-refractivity contribution in [1.29, 1.82) is 5.26 Å². The predicted molar refractivity (Wildman–Crippen MR) is 107 cm³/mol. The number of hydrogen-bond acceptors (Lipinski definition) is 9. The summed E-state index contributed by atoms with van der Waals surface area (Å²) in [6, 6.07) is 5.52. The second kappa shape index (κ2) is 9.52. The molecule has 10 heteroatoms. The first-order chi connectivity index (χ1) is 13.8. The Morgan fingerprint density at radius 1 is 1.24 bits per heavy atom. The normalized spacial score (nSPS) is 12.8. The van der Waals surface area contributed by atoms with Gasteiger partial charge in [-0.25, -0.2) is 0 Å². The molecule has 0 aliphatic rings. The molecule has 0 bridgehead atoms. The molecule has 1 aromatic heterocycles. The molecular formula is C19H24N4O5S. The van der Waals surface area contributed by atoms with Crippen LogP contribution in [0.3, 0.4) is 0 Å². The monoisotopic (exact) mass is 420 g/mol. The van der Waals surface area contributed by atoms with E-state index in [1.54, 1.807) is 19.1 Å². The minimum atomic E-state index is -0.937. The molecule has 0 fully saturated rings. The van der Waals surface area contributed by atoms with E-state index in [9.17, 15) is 10.1 Å². The highest BCUT2D eigenvalue weighted by atomic mass is 32.2. The second-order valence-electron chi connectivity index (χ2n) is 6.59. The summed E-state index contributed by atoms with van der Waals surface area (Å²) in [4.78, 5) is 12.2. The molecule has 1 N–H and O–H groups in total. The summed E-state index contributed by atoms with van der Waals surface area (Å²) in [5.74, 6) is 1.33. The fourth-order valence-corrected chi connectivity index (χ4v) is 2.91. The number of rotatable bonds is 9. The van der Waals surface area contributed by atoms with Crippen LogP contribution in [0.25, 0.3) is 11.5 Å². The maximum absolute atomic E-state index is 12.2. The molecule has 156 valence electrons. The minimum Gasteiger partial charge on any atom is -0.493 e. The van der Waals surface area contributed by atoms with Gasteiger partial charge in [0.25, 0.3) is 5.22 Å². The van der Waals surface area contributed by atoms with Crippen molar-refractivity contribution in [3.05, 3.63) is 12.1 Å². The van der Waals surface area contributed by atoms with Crippen LogP contribution in [0.2, 0.25) is 0 Å². The van der Waals surface area contributed by atoms with E-state index < -0.39 is 5.54 Å². The molecule has 0 saturated heterocycles. The van der Waals surface area contributed by atoms with Crippen molar-refractivity contribution in [2.45, 2.75) is 31.5 Å². The largest absolute Gasteiger partial charge is 0.493 e. The third-order valence-electron chi connectivity index (χ3n) is 4.43. The van der Waals surface area contributed by atoms with E-state index >= 15 is 0 Å². The number of nitrogens with zero attached hydrogens (tertiary/aromatic N) is 3. The summed E-state index contributed by atoms with van der Waals surface area (Å²) < 4.78 is 21.6. The number of hydrogen-bond donors (Lipinski definition) is 1. The van der Waals surface area contributed by atoms with Crippen LogP contribution in [0.1, 0.15) is 20.8 Å². The van der Waals surface area contributed by atoms with Gasteiger partial charge in [-0.05, 0) is 25.0 Å². The van der Waals surface area contributed by atoms with Gasteiger partial charge in [-0.1, -0.05) is 25.6 Å². The van der Waals surface area contributed by atoms with E-state index in [2.05, 4.69) is 21.6 Å². The minimum absolute atomic E-state index is 0.0310. The summed E-state index contributed by atoms with van der Waals surface area (Å²) >= 11 is 1.09.